The summed E-state index contributed by atoms with van der Waals surface area (Å²) in [6.07, 6.45) is -0.453. The zero-order valence-electron chi connectivity index (χ0n) is 12.6. The molecule has 1 saturated heterocycles. The molecule has 2 rings (SSSR count). The second kappa shape index (κ2) is 8.91. The molecule has 0 bridgehead atoms. The minimum Gasteiger partial charge on any atom is -0.489 e. The Labute approximate surface area is 141 Å². The van der Waals surface area contributed by atoms with Crippen molar-refractivity contribution in [2.24, 2.45) is 0 Å². The summed E-state index contributed by atoms with van der Waals surface area (Å²) in [5.74, 6) is 0.516. The first-order chi connectivity index (χ1) is 10.5. The van der Waals surface area contributed by atoms with Gasteiger partial charge in [-0.05, 0) is 25.2 Å². The molecule has 1 fully saturated rings. The number of aliphatic hydroxyl groups excluding tert-OH is 1. The Kier molecular flexibility index (Phi) is 7.21. The minimum atomic E-state index is -0.618. The molecule has 0 unspecified atom stereocenters. The molecule has 1 aliphatic rings. The zero-order chi connectivity index (χ0) is 15.9. The fourth-order valence-electron chi connectivity index (χ4n) is 2.24. The molecule has 1 aromatic rings. The standard InChI is InChI=1S/C15H22Cl2N2O3/c1-19-4-5-21-13(9-19)8-18-7-12(20)10-22-15-3-2-11(16)6-14(15)17/h2-3,6,12-13,18,20H,4-5,7-10H2,1H3/t12-,13+/m0/s1. The van der Waals surface area contributed by atoms with E-state index < -0.39 is 6.10 Å². The predicted octanol–water partition coefficient (Wildman–Crippen LogP) is 1.65. The summed E-state index contributed by atoms with van der Waals surface area (Å²) in [6.45, 7) is 3.94. The average Bonchev–Trinajstić information content (AvgIpc) is 2.46. The van der Waals surface area contributed by atoms with Crippen LogP contribution in [0.2, 0.25) is 10.0 Å². The third-order valence-corrected chi connectivity index (χ3v) is 3.95. The van der Waals surface area contributed by atoms with Gasteiger partial charge in [0.1, 0.15) is 18.5 Å². The van der Waals surface area contributed by atoms with E-state index in [1.807, 2.05) is 0 Å². The molecule has 0 amide bonds. The summed E-state index contributed by atoms with van der Waals surface area (Å²) in [5.41, 5.74) is 0. The van der Waals surface area contributed by atoms with E-state index >= 15 is 0 Å². The van der Waals surface area contributed by atoms with Gasteiger partial charge in [-0.1, -0.05) is 23.2 Å². The number of likely N-dealkylation sites (N-methyl/N-ethyl adjacent to an activating group) is 1. The Morgan fingerprint density at radius 2 is 2.32 bits per heavy atom. The summed E-state index contributed by atoms with van der Waals surface area (Å²) in [4.78, 5) is 2.23. The molecule has 22 heavy (non-hydrogen) atoms. The summed E-state index contributed by atoms with van der Waals surface area (Å²) < 4.78 is 11.1. The van der Waals surface area contributed by atoms with Gasteiger partial charge in [0.2, 0.25) is 0 Å². The van der Waals surface area contributed by atoms with E-state index in [9.17, 15) is 5.11 Å². The minimum absolute atomic E-state index is 0.164. The van der Waals surface area contributed by atoms with Gasteiger partial charge in [-0.3, -0.25) is 0 Å². The molecule has 0 aliphatic carbocycles. The van der Waals surface area contributed by atoms with Gasteiger partial charge in [-0.2, -0.15) is 0 Å². The first-order valence-electron chi connectivity index (χ1n) is 7.31. The highest BCUT2D eigenvalue weighted by atomic mass is 35.5. The molecule has 5 nitrogen and oxygen atoms in total. The van der Waals surface area contributed by atoms with Gasteiger partial charge in [0, 0.05) is 31.2 Å². The molecule has 2 atom stereocenters. The van der Waals surface area contributed by atoms with E-state index in [-0.39, 0.29) is 12.7 Å². The fraction of sp³-hybridized carbons (Fsp3) is 0.600. The lowest BCUT2D eigenvalue weighted by molar-refractivity contribution is -0.0196. The highest BCUT2D eigenvalue weighted by Crippen LogP contribution is 2.27. The van der Waals surface area contributed by atoms with Gasteiger partial charge in [-0.15, -0.1) is 0 Å². The molecule has 124 valence electrons. The van der Waals surface area contributed by atoms with Crippen molar-refractivity contribution in [1.82, 2.24) is 10.2 Å². The van der Waals surface area contributed by atoms with E-state index in [2.05, 4.69) is 17.3 Å². The highest BCUT2D eigenvalue weighted by molar-refractivity contribution is 6.35. The molecule has 1 aliphatic heterocycles. The van der Waals surface area contributed by atoms with Crippen molar-refractivity contribution in [3.63, 3.8) is 0 Å². The van der Waals surface area contributed by atoms with Crippen LogP contribution in [-0.2, 0) is 4.74 Å². The second-order valence-corrected chi connectivity index (χ2v) is 6.30. The maximum absolute atomic E-state index is 9.93. The number of morpholine rings is 1. The lowest BCUT2D eigenvalue weighted by atomic mass is 10.2. The van der Waals surface area contributed by atoms with Crippen LogP contribution in [0.3, 0.4) is 0 Å². The van der Waals surface area contributed by atoms with Crippen LogP contribution in [-0.4, -0.2) is 68.7 Å². The van der Waals surface area contributed by atoms with Crippen molar-refractivity contribution < 1.29 is 14.6 Å². The van der Waals surface area contributed by atoms with Crippen LogP contribution in [0.25, 0.3) is 0 Å². The van der Waals surface area contributed by atoms with Crippen LogP contribution in [0.5, 0.6) is 5.75 Å². The number of rotatable bonds is 7. The van der Waals surface area contributed by atoms with Gasteiger partial charge < -0.3 is 24.8 Å². The number of nitrogens with one attached hydrogen (secondary N) is 1. The summed E-state index contributed by atoms with van der Waals surface area (Å²) in [5, 5.41) is 14.1. The van der Waals surface area contributed by atoms with Gasteiger partial charge in [-0.25, -0.2) is 0 Å². The van der Waals surface area contributed by atoms with Crippen molar-refractivity contribution in [3.8, 4) is 5.75 Å². The van der Waals surface area contributed by atoms with Crippen molar-refractivity contribution in [3.05, 3.63) is 28.2 Å². The van der Waals surface area contributed by atoms with Crippen LogP contribution in [0.4, 0.5) is 0 Å². The maximum Gasteiger partial charge on any atom is 0.138 e. The van der Waals surface area contributed by atoms with Crippen molar-refractivity contribution >= 4 is 23.2 Å². The molecule has 0 spiro atoms. The highest BCUT2D eigenvalue weighted by Gasteiger charge is 2.17. The summed E-state index contributed by atoms with van der Waals surface area (Å²) in [7, 11) is 2.08. The fourth-order valence-corrected chi connectivity index (χ4v) is 2.70. The monoisotopic (exact) mass is 348 g/mol. The third kappa shape index (κ3) is 5.91. The van der Waals surface area contributed by atoms with Crippen molar-refractivity contribution in [2.75, 3.05) is 46.4 Å². The Morgan fingerprint density at radius 1 is 1.50 bits per heavy atom. The van der Waals surface area contributed by atoms with Gasteiger partial charge in [0.15, 0.2) is 0 Å². The number of hydrogen-bond donors (Lipinski definition) is 2. The molecule has 0 radical (unpaired) electrons. The quantitative estimate of drug-likeness (QED) is 0.784. The number of halogens is 2. The number of aliphatic hydroxyl groups is 1. The van der Waals surface area contributed by atoms with Gasteiger partial charge >= 0.3 is 0 Å². The average molecular weight is 349 g/mol. The Morgan fingerprint density at radius 3 is 3.05 bits per heavy atom. The number of nitrogens with zero attached hydrogens (tertiary/aromatic N) is 1. The smallest absolute Gasteiger partial charge is 0.138 e. The molecule has 0 saturated carbocycles. The van der Waals surface area contributed by atoms with E-state index in [4.69, 9.17) is 32.7 Å². The SMILES string of the molecule is CN1CCO[C@H](CNC[C@H](O)COc2ccc(Cl)cc2Cl)C1. The number of hydrogen-bond acceptors (Lipinski definition) is 5. The molecule has 1 aromatic carbocycles. The largest absolute Gasteiger partial charge is 0.489 e. The van der Waals surface area contributed by atoms with E-state index in [0.717, 1.165) is 19.7 Å². The molecule has 0 aromatic heterocycles. The predicted molar refractivity (Wildman–Crippen MR) is 88.1 cm³/mol. The molecule has 1 heterocycles. The molecular formula is C15H22Cl2N2O3. The van der Waals surface area contributed by atoms with E-state index in [0.29, 0.717) is 28.9 Å². The Bertz CT molecular complexity index is 476. The molecule has 2 N–H and O–H groups in total. The Hall–Kier alpha value is -0.560. The van der Waals surface area contributed by atoms with Crippen LogP contribution in [0, 0.1) is 0 Å². The van der Waals surface area contributed by atoms with E-state index in [1.165, 1.54) is 0 Å². The van der Waals surface area contributed by atoms with Gasteiger partial charge in [0.25, 0.3) is 0 Å². The Balaban J connectivity index is 1.64. The maximum atomic E-state index is 9.93. The van der Waals surface area contributed by atoms with Crippen molar-refractivity contribution in [2.45, 2.75) is 12.2 Å². The van der Waals surface area contributed by atoms with E-state index in [1.54, 1.807) is 18.2 Å². The lowest BCUT2D eigenvalue weighted by Crippen LogP contribution is -2.46. The van der Waals surface area contributed by atoms with Crippen molar-refractivity contribution in [1.29, 1.82) is 0 Å². The normalized spacial score (nSPS) is 20.8. The number of ether oxygens (including phenoxy) is 2. The molecular weight excluding hydrogens is 327 g/mol. The number of benzene rings is 1. The van der Waals surface area contributed by atoms with Crippen LogP contribution in [0.1, 0.15) is 0 Å². The second-order valence-electron chi connectivity index (χ2n) is 5.45. The van der Waals surface area contributed by atoms with Crippen LogP contribution >= 0.6 is 23.2 Å². The molecule has 7 heteroatoms. The lowest BCUT2D eigenvalue weighted by Gasteiger charge is -2.30. The van der Waals surface area contributed by atoms with Crippen LogP contribution < -0.4 is 10.1 Å². The first kappa shape index (κ1) is 17.8. The third-order valence-electron chi connectivity index (χ3n) is 3.42. The first-order valence-corrected chi connectivity index (χ1v) is 8.07. The van der Waals surface area contributed by atoms with Gasteiger partial charge in [0.05, 0.1) is 17.7 Å². The van der Waals surface area contributed by atoms with Crippen LogP contribution in [0.15, 0.2) is 18.2 Å². The summed E-state index contributed by atoms with van der Waals surface area (Å²) >= 11 is 11.8. The summed E-state index contributed by atoms with van der Waals surface area (Å²) in [6, 6.07) is 5.00. The zero-order valence-corrected chi connectivity index (χ0v) is 14.1. The topological polar surface area (TPSA) is 54.0 Å².